The van der Waals surface area contributed by atoms with Gasteiger partial charge in [0.1, 0.15) is 0 Å². The van der Waals surface area contributed by atoms with Gasteiger partial charge in [-0.05, 0) is 26.7 Å². The highest BCUT2D eigenvalue weighted by Gasteiger charge is 2.34. The maximum Gasteiger partial charge on any atom is 0.262 e. The van der Waals surface area contributed by atoms with Crippen LogP contribution < -0.4 is 5.73 Å². The average Bonchev–Trinajstić information content (AvgIpc) is 2.77. The number of aromatic nitrogens is 2. The number of piperidine rings is 1. The fraction of sp³-hybridized carbons (Fsp3) is 0.727. The Morgan fingerprint density at radius 2 is 2.28 bits per heavy atom. The van der Waals surface area contributed by atoms with Crippen LogP contribution in [0.4, 0.5) is 0 Å². The van der Waals surface area contributed by atoms with Crippen LogP contribution in [0.25, 0.3) is 0 Å². The van der Waals surface area contributed by atoms with Crippen LogP contribution in [0.15, 0.2) is 17.6 Å². The Morgan fingerprint density at radius 3 is 2.83 bits per heavy atom. The second kappa shape index (κ2) is 4.99. The third-order valence-corrected chi connectivity index (χ3v) is 5.30. The summed E-state index contributed by atoms with van der Waals surface area (Å²) < 4.78 is 28.2. The zero-order valence-corrected chi connectivity index (χ0v) is 11.6. The van der Waals surface area contributed by atoms with Crippen molar-refractivity contribution in [1.29, 1.82) is 0 Å². The largest absolute Gasteiger partial charge is 0.336 e. The molecule has 18 heavy (non-hydrogen) atoms. The predicted octanol–water partition coefficient (Wildman–Crippen LogP) is 0.403. The van der Waals surface area contributed by atoms with Crippen molar-refractivity contribution in [2.45, 2.75) is 50.3 Å². The fourth-order valence-electron chi connectivity index (χ4n) is 2.31. The summed E-state index contributed by atoms with van der Waals surface area (Å²) in [6.07, 6.45) is 4.54. The second-order valence-electron chi connectivity index (χ2n) is 4.79. The average molecular weight is 272 g/mol. The highest BCUT2D eigenvalue weighted by atomic mass is 32.2. The molecule has 0 radical (unpaired) electrons. The predicted molar refractivity (Wildman–Crippen MR) is 68.5 cm³/mol. The molecule has 2 atom stereocenters. The Hall–Kier alpha value is -0.920. The zero-order valence-electron chi connectivity index (χ0n) is 10.8. The molecule has 0 bridgehead atoms. The lowest BCUT2D eigenvalue weighted by Crippen LogP contribution is -2.48. The van der Waals surface area contributed by atoms with E-state index < -0.39 is 10.0 Å². The number of aryl methyl sites for hydroxylation is 1. The van der Waals surface area contributed by atoms with Crippen LogP contribution in [-0.4, -0.2) is 40.9 Å². The minimum atomic E-state index is -3.48. The first kappa shape index (κ1) is 13.5. The minimum absolute atomic E-state index is 0.0643. The molecule has 102 valence electrons. The summed E-state index contributed by atoms with van der Waals surface area (Å²) in [4.78, 5) is 3.99. The van der Waals surface area contributed by atoms with Gasteiger partial charge in [0.25, 0.3) is 10.0 Å². The number of hydrogen-bond donors (Lipinski definition) is 1. The third-order valence-electron chi connectivity index (χ3n) is 3.40. The molecule has 0 amide bonds. The maximum atomic E-state index is 12.4. The van der Waals surface area contributed by atoms with Crippen molar-refractivity contribution in [3.8, 4) is 0 Å². The van der Waals surface area contributed by atoms with E-state index in [9.17, 15) is 8.42 Å². The second-order valence-corrected chi connectivity index (χ2v) is 6.63. The summed E-state index contributed by atoms with van der Waals surface area (Å²) in [5.41, 5.74) is 5.85. The van der Waals surface area contributed by atoms with Crippen molar-refractivity contribution < 1.29 is 8.42 Å². The number of hydrogen-bond acceptors (Lipinski definition) is 4. The third kappa shape index (κ3) is 2.43. The van der Waals surface area contributed by atoms with Crippen molar-refractivity contribution in [1.82, 2.24) is 13.9 Å². The lowest BCUT2D eigenvalue weighted by atomic mass is 10.0. The topological polar surface area (TPSA) is 81.2 Å². The molecule has 1 aliphatic heterocycles. The van der Waals surface area contributed by atoms with E-state index in [1.165, 1.54) is 4.31 Å². The number of sulfonamides is 1. The summed E-state index contributed by atoms with van der Waals surface area (Å²) in [5, 5.41) is 0.131. The van der Waals surface area contributed by atoms with Crippen molar-refractivity contribution in [3.05, 3.63) is 12.5 Å². The number of imidazole rings is 1. The van der Waals surface area contributed by atoms with Crippen LogP contribution in [-0.2, 0) is 16.6 Å². The molecule has 0 spiro atoms. The fourth-order valence-corrected chi connectivity index (χ4v) is 3.90. The van der Waals surface area contributed by atoms with Gasteiger partial charge in [-0.3, -0.25) is 0 Å². The molecule has 1 aliphatic rings. The van der Waals surface area contributed by atoms with Gasteiger partial charge in [-0.25, -0.2) is 13.4 Å². The lowest BCUT2D eigenvalue weighted by molar-refractivity contribution is 0.246. The van der Waals surface area contributed by atoms with Gasteiger partial charge in [0, 0.05) is 31.4 Å². The first-order valence-electron chi connectivity index (χ1n) is 6.24. The molecule has 2 N–H and O–H groups in total. The molecule has 7 heteroatoms. The van der Waals surface area contributed by atoms with Crippen LogP contribution in [0, 0.1) is 0 Å². The van der Waals surface area contributed by atoms with E-state index in [0.29, 0.717) is 25.9 Å². The quantitative estimate of drug-likeness (QED) is 0.863. The maximum absolute atomic E-state index is 12.4. The number of nitrogens with two attached hydrogens (primary N) is 1. The summed E-state index contributed by atoms with van der Waals surface area (Å²) >= 11 is 0. The van der Waals surface area contributed by atoms with E-state index in [4.69, 9.17) is 5.73 Å². The molecule has 1 aromatic heterocycles. The first-order chi connectivity index (χ1) is 8.45. The van der Waals surface area contributed by atoms with Gasteiger partial charge in [-0.2, -0.15) is 4.31 Å². The SMILES string of the molecule is CCn1cnc(S(=O)(=O)N2CCC(N)CC2C)c1. The van der Waals surface area contributed by atoms with E-state index in [0.717, 1.165) is 0 Å². The molecular formula is C11H20N4O2S. The zero-order chi connectivity index (χ0) is 13.3. The van der Waals surface area contributed by atoms with Crippen molar-refractivity contribution in [3.63, 3.8) is 0 Å². The minimum Gasteiger partial charge on any atom is -0.336 e. The molecule has 2 unspecified atom stereocenters. The van der Waals surface area contributed by atoms with E-state index in [1.54, 1.807) is 17.1 Å². The monoisotopic (exact) mass is 272 g/mol. The normalized spacial score (nSPS) is 26.4. The Kier molecular flexibility index (Phi) is 3.74. The van der Waals surface area contributed by atoms with Crippen molar-refractivity contribution in [2.24, 2.45) is 5.73 Å². The standard InChI is InChI=1S/C11H20N4O2S/c1-3-14-7-11(13-8-14)18(16,17)15-5-4-10(12)6-9(15)2/h7-10H,3-6,12H2,1-2H3. The van der Waals surface area contributed by atoms with Crippen molar-refractivity contribution >= 4 is 10.0 Å². The molecule has 1 aromatic rings. The van der Waals surface area contributed by atoms with E-state index in [2.05, 4.69) is 4.98 Å². The lowest BCUT2D eigenvalue weighted by Gasteiger charge is -2.34. The molecule has 1 saturated heterocycles. The molecule has 1 fully saturated rings. The molecule has 0 aromatic carbocycles. The van der Waals surface area contributed by atoms with Crippen LogP contribution in [0.2, 0.25) is 0 Å². The first-order valence-corrected chi connectivity index (χ1v) is 7.68. The van der Waals surface area contributed by atoms with Crippen molar-refractivity contribution in [2.75, 3.05) is 6.54 Å². The van der Waals surface area contributed by atoms with Gasteiger partial charge >= 0.3 is 0 Å². The Labute approximate surface area is 108 Å². The van der Waals surface area contributed by atoms with Crippen LogP contribution >= 0.6 is 0 Å². The molecule has 6 nitrogen and oxygen atoms in total. The highest BCUT2D eigenvalue weighted by Crippen LogP contribution is 2.23. The molecule has 0 aliphatic carbocycles. The number of rotatable bonds is 3. The summed E-state index contributed by atoms with van der Waals surface area (Å²) in [6.45, 7) is 5.03. The van der Waals surface area contributed by atoms with E-state index >= 15 is 0 Å². The van der Waals surface area contributed by atoms with Gasteiger partial charge in [-0.1, -0.05) is 0 Å². The summed E-state index contributed by atoms with van der Waals surface area (Å²) in [6, 6.07) is 0.0326. The summed E-state index contributed by atoms with van der Waals surface area (Å²) in [5.74, 6) is 0. The van der Waals surface area contributed by atoms with Gasteiger partial charge in [0.2, 0.25) is 0 Å². The van der Waals surface area contributed by atoms with Gasteiger partial charge < -0.3 is 10.3 Å². The molecule has 0 saturated carbocycles. The van der Waals surface area contributed by atoms with E-state index in [-0.39, 0.29) is 17.1 Å². The summed E-state index contributed by atoms with van der Waals surface area (Å²) in [7, 11) is -3.48. The van der Waals surface area contributed by atoms with Crippen LogP contribution in [0.3, 0.4) is 0 Å². The van der Waals surface area contributed by atoms with Crippen LogP contribution in [0.1, 0.15) is 26.7 Å². The van der Waals surface area contributed by atoms with Gasteiger partial charge in [-0.15, -0.1) is 0 Å². The van der Waals surface area contributed by atoms with Gasteiger partial charge in [0.15, 0.2) is 5.03 Å². The molecular weight excluding hydrogens is 252 g/mol. The molecule has 2 rings (SSSR count). The van der Waals surface area contributed by atoms with Gasteiger partial charge in [0.05, 0.1) is 6.33 Å². The van der Waals surface area contributed by atoms with E-state index in [1.807, 2.05) is 13.8 Å². The van der Waals surface area contributed by atoms with Crippen LogP contribution in [0.5, 0.6) is 0 Å². The smallest absolute Gasteiger partial charge is 0.262 e. The Morgan fingerprint density at radius 1 is 1.56 bits per heavy atom. The Balaban J connectivity index is 2.25. The Bertz CT molecular complexity index is 511. The molecule has 2 heterocycles. The highest BCUT2D eigenvalue weighted by molar-refractivity contribution is 7.89. The number of nitrogens with zero attached hydrogens (tertiary/aromatic N) is 3.